The fraction of sp³-hybridized carbons (Fsp3) is 0.174. The van der Waals surface area contributed by atoms with E-state index in [1.54, 1.807) is 13.1 Å². The van der Waals surface area contributed by atoms with Gasteiger partial charge in [-0.1, -0.05) is 0 Å². The smallest absolute Gasteiger partial charge is 0.355 e. The van der Waals surface area contributed by atoms with Gasteiger partial charge in [-0.25, -0.2) is 0 Å². The number of rotatable bonds is 2. The van der Waals surface area contributed by atoms with E-state index in [1.165, 1.54) is 12.1 Å². The first kappa shape index (κ1) is 19.1. The molecule has 0 aliphatic heterocycles. The summed E-state index contributed by atoms with van der Waals surface area (Å²) in [6.07, 6.45) is -4.38. The van der Waals surface area contributed by atoms with Crippen LogP contribution in [0.15, 0.2) is 54.6 Å². The van der Waals surface area contributed by atoms with Crippen LogP contribution < -0.4 is 5.32 Å². The van der Waals surface area contributed by atoms with Gasteiger partial charge in [0, 0.05) is 29.1 Å². The van der Waals surface area contributed by atoms with Crippen LogP contribution in [0.5, 0.6) is 0 Å². The van der Waals surface area contributed by atoms with E-state index in [-0.39, 0.29) is 5.91 Å². The van der Waals surface area contributed by atoms with Gasteiger partial charge in [0.25, 0.3) is 5.91 Å². The van der Waals surface area contributed by atoms with Gasteiger partial charge in [0.05, 0.1) is 16.6 Å². The highest BCUT2D eigenvalue weighted by atomic mass is 19.4. The molecule has 0 aliphatic carbocycles. The van der Waals surface area contributed by atoms with Crippen molar-refractivity contribution >= 4 is 27.7 Å². The minimum atomic E-state index is -4.38. The lowest BCUT2D eigenvalue weighted by atomic mass is 10.0. The molecule has 0 atom stereocenters. The highest BCUT2D eigenvalue weighted by Gasteiger charge is 2.30. The van der Waals surface area contributed by atoms with Gasteiger partial charge in [0.1, 0.15) is 0 Å². The molecule has 148 valence electrons. The Balaban J connectivity index is 2.04. The Morgan fingerprint density at radius 2 is 1.48 bits per heavy atom. The summed E-state index contributed by atoms with van der Waals surface area (Å²) < 4.78 is 40.9. The Labute approximate surface area is 165 Å². The number of fused-ring (bicyclic) bond motifs is 3. The van der Waals surface area contributed by atoms with Crippen molar-refractivity contribution in [2.75, 3.05) is 7.05 Å². The first-order chi connectivity index (χ1) is 13.7. The Morgan fingerprint density at radius 1 is 0.862 bits per heavy atom. The fourth-order valence-electron chi connectivity index (χ4n) is 3.64. The highest BCUT2D eigenvalue weighted by Crippen LogP contribution is 2.35. The summed E-state index contributed by atoms with van der Waals surface area (Å²) in [7, 11) is 1.57. The van der Waals surface area contributed by atoms with Crippen LogP contribution in [0.4, 0.5) is 13.2 Å². The van der Waals surface area contributed by atoms with Crippen LogP contribution in [0.1, 0.15) is 27.0 Å². The van der Waals surface area contributed by atoms with E-state index < -0.39 is 11.7 Å². The molecule has 0 saturated heterocycles. The molecule has 29 heavy (non-hydrogen) atoms. The third-order valence-corrected chi connectivity index (χ3v) is 5.32. The minimum Gasteiger partial charge on any atom is -0.355 e. The van der Waals surface area contributed by atoms with Gasteiger partial charge in [-0.3, -0.25) is 4.79 Å². The quantitative estimate of drug-likeness (QED) is 0.458. The van der Waals surface area contributed by atoms with Crippen molar-refractivity contribution in [1.82, 2.24) is 9.88 Å². The zero-order valence-corrected chi connectivity index (χ0v) is 16.2. The van der Waals surface area contributed by atoms with Crippen molar-refractivity contribution in [3.05, 3.63) is 76.9 Å². The second-order valence-corrected chi connectivity index (χ2v) is 7.14. The third-order valence-electron chi connectivity index (χ3n) is 5.32. The summed E-state index contributed by atoms with van der Waals surface area (Å²) in [4.78, 5) is 12.1. The molecular weight excluding hydrogens is 377 g/mol. The number of hydrogen-bond donors (Lipinski definition) is 1. The number of carbonyl (C=O) groups excluding carboxylic acids is 1. The van der Waals surface area contributed by atoms with E-state index in [0.717, 1.165) is 45.1 Å². The number of nitrogens with zero attached hydrogens (tertiary/aromatic N) is 1. The van der Waals surface area contributed by atoms with Gasteiger partial charge in [-0.2, -0.15) is 13.2 Å². The second-order valence-electron chi connectivity index (χ2n) is 7.14. The average molecular weight is 396 g/mol. The maximum atomic E-state index is 13.0. The Hall–Kier alpha value is -3.28. The fourth-order valence-corrected chi connectivity index (χ4v) is 3.64. The first-order valence-electron chi connectivity index (χ1n) is 9.16. The summed E-state index contributed by atoms with van der Waals surface area (Å²) in [5.41, 5.74) is 4.39. The molecule has 0 saturated carbocycles. The second kappa shape index (κ2) is 6.65. The minimum absolute atomic E-state index is 0.189. The number of halogens is 3. The summed E-state index contributed by atoms with van der Waals surface area (Å²) in [5, 5.41) is 4.45. The lowest BCUT2D eigenvalue weighted by Crippen LogP contribution is -2.17. The van der Waals surface area contributed by atoms with Gasteiger partial charge >= 0.3 is 6.18 Å². The topological polar surface area (TPSA) is 34.0 Å². The van der Waals surface area contributed by atoms with Crippen LogP contribution in [-0.2, 0) is 6.18 Å². The summed E-state index contributed by atoms with van der Waals surface area (Å²) in [5.74, 6) is -0.189. The van der Waals surface area contributed by atoms with E-state index in [2.05, 4.69) is 11.4 Å². The zero-order valence-electron chi connectivity index (χ0n) is 16.2. The molecule has 1 heterocycles. The predicted molar refractivity (Wildman–Crippen MR) is 109 cm³/mol. The van der Waals surface area contributed by atoms with E-state index in [0.29, 0.717) is 11.3 Å². The van der Waals surface area contributed by atoms with Crippen molar-refractivity contribution in [1.29, 1.82) is 0 Å². The Kier molecular flexibility index (Phi) is 4.37. The van der Waals surface area contributed by atoms with Gasteiger partial charge in [0.15, 0.2) is 0 Å². The van der Waals surface area contributed by atoms with Gasteiger partial charge < -0.3 is 9.88 Å². The predicted octanol–water partition coefficient (Wildman–Crippen LogP) is 5.78. The Bertz CT molecular complexity index is 1250. The Morgan fingerprint density at radius 3 is 2.10 bits per heavy atom. The summed E-state index contributed by atoms with van der Waals surface area (Å²) in [6, 6.07) is 14.6. The number of aryl methyl sites for hydroxylation is 2. The molecule has 3 nitrogen and oxygen atoms in total. The molecule has 4 aromatic rings. The molecule has 1 N–H and O–H groups in total. The normalized spacial score (nSPS) is 11.9. The van der Waals surface area contributed by atoms with Crippen molar-refractivity contribution in [3.63, 3.8) is 0 Å². The SMILES string of the molecule is CNC(=O)c1ccc2c(c1)c1cc(C)c(C)cc1n2-c1ccc(C(F)(F)F)cc1. The van der Waals surface area contributed by atoms with Gasteiger partial charge in [-0.15, -0.1) is 0 Å². The molecule has 6 heteroatoms. The van der Waals surface area contributed by atoms with Gasteiger partial charge in [-0.05, 0) is 79.6 Å². The third kappa shape index (κ3) is 3.14. The molecule has 1 amide bonds. The van der Waals surface area contributed by atoms with Crippen LogP contribution in [0, 0.1) is 13.8 Å². The number of hydrogen-bond acceptors (Lipinski definition) is 1. The standard InChI is InChI=1S/C23H19F3N2O/c1-13-10-18-19-12-15(22(29)27-3)4-9-20(19)28(21(18)11-14(13)2)17-7-5-16(6-8-17)23(24,25)26/h4-12H,1-3H3,(H,27,29). The van der Waals surface area contributed by atoms with Crippen LogP contribution in [0.25, 0.3) is 27.5 Å². The van der Waals surface area contributed by atoms with E-state index in [9.17, 15) is 18.0 Å². The summed E-state index contributed by atoms with van der Waals surface area (Å²) >= 11 is 0. The molecule has 0 fully saturated rings. The number of aromatic nitrogens is 1. The number of benzene rings is 3. The van der Waals surface area contributed by atoms with Crippen molar-refractivity contribution in [2.45, 2.75) is 20.0 Å². The van der Waals surface area contributed by atoms with Crippen molar-refractivity contribution in [3.8, 4) is 5.69 Å². The van der Waals surface area contributed by atoms with Gasteiger partial charge in [0.2, 0.25) is 0 Å². The maximum absolute atomic E-state index is 13.0. The van der Waals surface area contributed by atoms with Crippen LogP contribution in [0.3, 0.4) is 0 Å². The number of carbonyl (C=O) groups is 1. The van der Waals surface area contributed by atoms with Crippen LogP contribution in [-0.4, -0.2) is 17.5 Å². The van der Waals surface area contributed by atoms with Crippen LogP contribution in [0.2, 0.25) is 0 Å². The zero-order chi connectivity index (χ0) is 20.9. The molecule has 4 rings (SSSR count). The monoisotopic (exact) mass is 396 g/mol. The molecule has 0 spiro atoms. The molecule has 0 aliphatic rings. The molecule has 0 radical (unpaired) electrons. The first-order valence-corrected chi connectivity index (χ1v) is 9.16. The maximum Gasteiger partial charge on any atom is 0.416 e. The molecule has 0 unspecified atom stereocenters. The van der Waals surface area contributed by atoms with E-state index in [4.69, 9.17) is 0 Å². The molecule has 0 bridgehead atoms. The lowest BCUT2D eigenvalue weighted by Gasteiger charge is -2.11. The summed E-state index contributed by atoms with van der Waals surface area (Å²) in [6.45, 7) is 4.01. The van der Waals surface area contributed by atoms with Crippen molar-refractivity contribution < 1.29 is 18.0 Å². The number of alkyl halides is 3. The lowest BCUT2D eigenvalue weighted by molar-refractivity contribution is -0.137. The average Bonchev–Trinajstić information content (AvgIpc) is 2.99. The van der Waals surface area contributed by atoms with E-state index in [1.807, 2.05) is 36.6 Å². The number of nitrogens with one attached hydrogen (secondary N) is 1. The molecule has 3 aromatic carbocycles. The molecular formula is C23H19F3N2O. The van der Waals surface area contributed by atoms with Crippen molar-refractivity contribution in [2.24, 2.45) is 0 Å². The van der Waals surface area contributed by atoms with E-state index >= 15 is 0 Å². The highest BCUT2D eigenvalue weighted by molar-refractivity contribution is 6.12. The number of amides is 1. The van der Waals surface area contributed by atoms with Crippen LogP contribution >= 0.6 is 0 Å². The largest absolute Gasteiger partial charge is 0.416 e. The molecule has 1 aromatic heterocycles.